The summed E-state index contributed by atoms with van der Waals surface area (Å²) in [6, 6.07) is 9.91. The summed E-state index contributed by atoms with van der Waals surface area (Å²) >= 11 is 0. The predicted octanol–water partition coefficient (Wildman–Crippen LogP) is 1.13. The van der Waals surface area contributed by atoms with E-state index >= 15 is 0 Å². The molecule has 0 saturated carbocycles. The predicted molar refractivity (Wildman–Crippen MR) is 92.2 cm³/mol. The molecule has 1 heterocycles. The van der Waals surface area contributed by atoms with Gasteiger partial charge in [0.1, 0.15) is 0 Å². The van der Waals surface area contributed by atoms with E-state index in [0.717, 1.165) is 44.8 Å². The molecular formula is C18H29N3O2. The molecule has 0 radical (unpaired) electrons. The summed E-state index contributed by atoms with van der Waals surface area (Å²) in [7, 11) is 1.73. The first-order chi connectivity index (χ1) is 11.2. The van der Waals surface area contributed by atoms with Gasteiger partial charge >= 0.3 is 0 Å². The molecular weight excluding hydrogens is 290 g/mol. The Morgan fingerprint density at radius 1 is 1.35 bits per heavy atom. The zero-order chi connectivity index (χ0) is 16.7. The topological polar surface area (TPSA) is 58.8 Å². The molecule has 2 N–H and O–H groups in total. The summed E-state index contributed by atoms with van der Waals surface area (Å²) in [6.45, 7) is 6.24. The van der Waals surface area contributed by atoms with Crippen LogP contribution in [0.2, 0.25) is 0 Å². The van der Waals surface area contributed by atoms with Gasteiger partial charge in [0.2, 0.25) is 5.91 Å². The molecule has 1 amide bonds. The molecule has 2 atom stereocenters. The van der Waals surface area contributed by atoms with Crippen LogP contribution in [0, 0.1) is 0 Å². The van der Waals surface area contributed by atoms with Crippen LogP contribution in [0.3, 0.4) is 0 Å². The van der Waals surface area contributed by atoms with Crippen molar-refractivity contribution in [2.45, 2.75) is 31.8 Å². The number of benzene rings is 1. The zero-order valence-corrected chi connectivity index (χ0v) is 14.3. The summed E-state index contributed by atoms with van der Waals surface area (Å²) in [4.78, 5) is 17.0. The van der Waals surface area contributed by atoms with Crippen molar-refractivity contribution in [3.63, 3.8) is 0 Å². The van der Waals surface area contributed by atoms with Gasteiger partial charge in [0.05, 0.1) is 12.6 Å². The van der Waals surface area contributed by atoms with Crippen molar-refractivity contribution in [3.05, 3.63) is 35.9 Å². The zero-order valence-electron chi connectivity index (χ0n) is 14.3. The number of nitrogens with zero attached hydrogens (tertiary/aromatic N) is 2. The molecule has 23 heavy (non-hydrogen) atoms. The van der Waals surface area contributed by atoms with Gasteiger partial charge in [0.15, 0.2) is 0 Å². The highest BCUT2D eigenvalue weighted by molar-refractivity contribution is 5.82. The molecule has 1 aromatic carbocycles. The summed E-state index contributed by atoms with van der Waals surface area (Å²) in [6.07, 6.45) is 1.63. The number of piperazine rings is 1. The van der Waals surface area contributed by atoms with Gasteiger partial charge in [-0.25, -0.2) is 0 Å². The molecule has 2 rings (SSSR count). The van der Waals surface area contributed by atoms with Crippen LogP contribution in [0.1, 0.15) is 18.9 Å². The van der Waals surface area contributed by atoms with Gasteiger partial charge < -0.3 is 15.4 Å². The maximum Gasteiger partial charge on any atom is 0.239 e. The smallest absolute Gasteiger partial charge is 0.239 e. The number of hydrogen-bond acceptors (Lipinski definition) is 4. The molecule has 128 valence electrons. The van der Waals surface area contributed by atoms with E-state index in [1.165, 1.54) is 0 Å². The minimum Gasteiger partial charge on any atom is -0.383 e. The lowest BCUT2D eigenvalue weighted by Gasteiger charge is -2.41. The van der Waals surface area contributed by atoms with E-state index in [-0.39, 0.29) is 5.91 Å². The lowest BCUT2D eigenvalue weighted by Crippen LogP contribution is -2.58. The van der Waals surface area contributed by atoms with Crippen molar-refractivity contribution in [3.8, 4) is 0 Å². The molecule has 1 saturated heterocycles. The Morgan fingerprint density at radius 3 is 2.74 bits per heavy atom. The summed E-state index contributed by atoms with van der Waals surface area (Å²) in [5, 5.41) is 0. The molecule has 1 aromatic rings. The first-order valence-corrected chi connectivity index (χ1v) is 8.47. The van der Waals surface area contributed by atoms with Gasteiger partial charge in [-0.3, -0.25) is 9.69 Å². The normalized spacial score (nSPS) is 20.5. The van der Waals surface area contributed by atoms with E-state index in [1.54, 1.807) is 7.11 Å². The Labute approximate surface area is 139 Å². The van der Waals surface area contributed by atoms with Crippen LogP contribution in [0.15, 0.2) is 30.3 Å². The fourth-order valence-corrected chi connectivity index (χ4v) is 3.17. The van der Waals surface area contributed by atoms with E-state index in [0.29, 0.717) is 12.5 Å². The fraction of sp³-hybridized carbons (Fsp3) is 0.611. The Hall–Kier alpha value is -1.43. The molecule has 0 aliphatic carbocycles. The van der Waals surface area contributed by atoms with Crippen molar-refractivity contribution in [1.82, 2.24) is 9.80 Å². The van der Waals surface area contributed by atoms with Crippen LogP contribution in [0.5, 0.6) is 0 Å². The number of rotatable bonds is 7. The first-order valence-electron chi connectivity index (χ1n) is 8.47. The summed E-state index contributed by atoms with van der Waals surface area (Å²) in [5.74, 6) is 0.0682. The molecule has 1 aliphatic rings. The number of nitrogens with two attached hydrogens (primary N) is 1. The van der Waals surface area contributed by atoms with Crippen LogP contribution in [-0.2, 0) is 16.0 Å². The van der Waals surface area contributed by atoms with Crippen molar-refractivity contribution >= 4 is 5.91 Å². The molecule has 1 fully saturated rings. The highest BCUT2D eigenvalue weighted by atomic mass is 16.5. The van der Waals surface area contributed by atoms with Crippen LogP contribution < -0.4 is 5.73 Å². The van der Waals surface area contributed by atoms with Crippen LogP contribution >= 0.6 is 0 Å². The second kappa shape index (κ2) is 9.01. The van der Waals surface area contributed by atoms with Gasteiger partial charge in [0.25, 0.3) is 0 Å². The lowest BCUT2D eigenvalue weighted by molar-refractivity contribution is -0.135. The average molecular weight is 319 g/mol. The second-order valence-electron chi connectivity index (χ2n) is 6.17. The van der Waals surface area contributed by atoms with Crippen LogP contribution in [0.4, 0.5) is 0 Å². The lowest BCUT2D eigenvalue weighted by atomic mass is 10.0. The number of hydrogen-bond donors (Lipinski definition) is 1. The number of methoxy groups -OCH3 is 1. The second-order valence-corrected chi connectivity index (χ2v) is 6.17. The molecule has 5 heteroatoms. The summed E-state index contributed by atoms with van der Waals surface area (Å²) in [5.41, 5.74) is 7.27. The number of ether oxygens (including phenoxy) is 1. The molecule has 0 bridgehead atoms. The van der Waals surface area contributed by atoms with E-state index < -0.39 is 6.04 Å². The number of carbonyl (C=O) groups is 1. The van der Waals surface area contributed by atoms with Gasteiger partial charge in [-0.1, -0.05) is 37.3 Å². The van der Waals surface area contributed by atoms with Gasteiger partial charge in [-0.15, -0.1) is 0 Å². The molecule has 5 nitrogen and oxygen atoms in total. The van der Waals surface area contributed by atoms with Gasteiger partial charge in [0, 0.05) is 39.3 Å². The molecule has 2 unspecified atom stereocenters. The third-order valence-corrected chi connectivity index (χ3v) is 4.59. The Bertz CT molecular complexity index is 480. The number of carbonyl (C=O) groups excluding carboxylic acids is 1. The average Bonchev–Trinajstić information content (AvgIpc) is 2.60. The highest BCUT2D eigenvalue weighted by Crippen LogP contribution is 2.14. The fourth-order valence-electron chi connectivity index (χ4n) is 3.17. The van der Waals surface area contributed by atoms with Crippen molar-refractivity contribution in [2.24, 2.45) is 5.73 Å². The third-order valence-electron chi connectivity index (χ3n) is 4.59. The number of amides is 1. The standard InChI is InChI=1S/C18H29N3O2/c1-3-16-14-21(10-9-20(16)11-12-23-2)18(22)17(19)13-15-7-5-4-6-8-15/h4-8,16-17H,3,9-14,19H2,1-2H3. The van der Waals surface area contributed by atoms with E-state index in [2.05, 4.69) is 11.8 Å². The maximum atomic E-state index is 12.6. The molecule has 0 spiro atoms. The monoisotopic (exact) mass is 319 g/mol. The molecule has 0 aromatic heterocycles. The SMILES string of the molecule is CCC1CN(C(=O)C(N)Cc2ccccc2)CCN1CCOC. The minimum absolute atomic E-state index is 0.0682. The van der Waals surface area contributed by atoms with Crippen LogP contribution in [0.25, 0.3) is 0 Å². The maximum absolute atomic E-state index is 12.6. The van der Waals surface area contributed by atoms with E-state index in [1.807, 2.05) is 35.2 Å². The minimum atomic E-state index is -0.458. The van der Waals surface area contributed by atoms with Crippen molar-refractivity contribution < 1.29 is 9.53 Å². The van der Waals surface area contributed by atoms with E-state index in [9.17, 15) is 4.79 Å². The van der Waals surface area contributed by atoms with Gasteiger partial charge in [-0.05, 0) is 18.4 Å². The van der Waals surface area contributed by atoms with Crippen LogP contribution in [-0.4, -0.2) is 67.7 Å². The first kappa shape index (κ1) is 17.9. The quantitative estimate of drug-likeness (QED) is 0.818. The molecule has 1 aliphatic heterocycles. The van der Waals surface area contributed by atoms with Crippen molar-refractivity contribution in [2.75, 3.05) is 39.9 Å². The largest absolute Gasteiger partial charge is 0.383 e. The van der Waals surface area contributed by atoms with Crippen molar-refractivity contribution in [1.29, 1.82) is 0 Å². The third kappa shape index (κ3) is 5.03. The Kier molecular flexibility index (Phi) is 7.02. The van der Waals surface area contributed by atoms with E-state index in [4.69, 9.17) is 10.5 Å². The highest BCUT2D eigenvalue weighted by Gasteiger charge is 2.30. The Morgan fingerprint density at radius 2 is 2.09 bits per heavy atom. The Balaban J connectivity index is 1.90. The summed E-state index contributed by atoms with van der Waals surface area (Å²) < 4.78 is 5.17. The van der Waals surface area contributed by atoms with Gasteiger partial charge in [-0.2, -0.15) is 0 Å².